The van der Waals surface area contributed by atoms with E-state index in [1.807, 2.05) is 6.07 Å². The lowest BCUT2D eigenvalue weighted by atomic mass is 10.1. The molecule has 0 N–H and O–H groups in total. The van der Waals surface area contributed by atoms with Gasteiger partial charge in [-0.15, -0.1) is 0 Å². The monoisotopic (exact) mass is 353 g/mol. The lowest BCUT2D eigenvalue weighted by Gasteiger charge is -2.00. The van der Waals surface area contributed by atoms with E-state index in [-0.39, 0.29) is 16.5 Å². The average Bonchev–Trinajstić information content (AvgIpc) is 3.09. The predicted octanol–water partition coefficient (Wildman–Crippen LogP) is 5.40. The van der Waals surface area contributed by atoms with Gasteiger partial charge < -0.3 is 4.42 Å². The minimum Gasteiger partial charge on any atom is -0.456 e. The second kappa shape index (κ2) is 7.15. The highest BCUT2D eigenvalue weighted by molar-refractivity contribution is 6.30. The van der Waals surface area contributed by atoms with Gasteiger partial charge in [0.05, 0.1) is 10.5 Å². The van der Waals surface area contributed by atoms with Crippen LogP contribution in [-0.4, -0.2) is 10.7 Å². The Hall–Kier alpha value is -3.18. The number of nitrogens with zero attached hydrogens (tertiary/aromatic N) is 1. The molecule has 124 valence electrons. The Morgan fingerprint density at radius 2 is 1.84 bits per heavy atom. The molecule has 0 aliphatic heterocycles. The second-order valence-electron chi connectivity index (χ2n) is 5.18. The van der Waals surface area contributed by atoms with Crippen LogP contribution >= 0.6 is 11.6 Å². The van der Waals surface area contributed by atoms with Crippen molar-refractivity contribution in [1.29, 1.82) is 0 Å². The summed E-state index contributed by atoms with van der Waals surface area (Å²) in [5.41, 5.74) is 0.750. The van der Waals surface area contributed by atoms with Gasteiger partial charge in [0.1, 0.15) is 11.5 Å². The molecule has 0 unspecified atom stereocenters. The molecule has 6 heteroatoms. The highest BCUT2D eigenvalue weighted by Gasteiger charge is 2.18. The standard InChI is InChI=1S/C19H12ClNO4/c20-14-6-9-16(17(12-14)21(23)24)19-11-8-15(25-19)7-10-18(22)13-4-2-1-3-5-13/h1-12H/b10-7+. The first kappa shape index (κ1) is 16.7. The Balaban J connectivity index is 1.85. The Morgan fingerprint density at radius 1 is 1.08 bits per heavy atom. The topological polar surface area (TPSA) is 73.3 Å². The van der Waals surface area contributed by atoms with Crippen LogP contribution in [0.4, 0.5) is 5.69 Å². The molecular weight excluding hydrogens is 342 g/mol. The van der Waals surface area contributed by atoms with Gasteiger partial charge in [-0.25, -0.2) is 0 Å². The van der Waals surface area contributed by atoms with Crippen LogP contribution in [0.1, 0.15) is 16.1 Å². The highest BCUT2D eigenvalue weighted by atomic mass is 35.5. The van der Waals surface area contributed by atoms with Crippen molar-refractivity contribution in [2.45, 2.75) is 0 Å². The van der Waals surface area contributed by atoms with Gasteiger partial charge in [0.15, 0.2) is 5.78 Å². The number of ketones is 1. The van der Waals surface area contributed by atoms with Gasteiger partial charge in [0.25, 0.3) is 5.69 Å². The molecule has 0 atom stereocenters. The number of carbonyl (C=O) groups is 1. The zero-order valence-corrected chi connectivity index (χ0v) is 13.6. The molecule has 0 fully saturated rings. The van der Waals surface area contributed by atoms with Gasteiger partial charge in [-0.1, -0.05) is 41.9 Å². The maximum Gasteiger partial charge on any atom is 0.281 e. The molecule has 1 aromatic heterocycles. The predicted molar refractivity (Wildman–Crippen MR) is 95.6 cm³/mol. The molecule has 0 saturated heterocycles. The molecule has 0 radical (unpaired) electrons. The van der Waals surface area contributed by atoms with E-state index in [2.05, 4.69) is 0 Å². The summed E-state index contributed by atoms with van der Waals surface area (Å²) in [6.45, 7) is 0. The quantitative estimate of drug-likeness (QED) is 0.266. The number of carbonyl (C=O) groups excluding carboxylic acids is 1. The number of hydrogen-bond donors (Lipinski definition) is 0. The smallest absolute Gasteiger partial charge is 0.281 e. The number of halogens is 1. The first-order chi connectivity index (χ1) is 12.0. The minimum atomic E-state index is -0.516. The normalized spacial score (nSPS) is 10.9. The minimum absolute atomic E-state index is 0.141. The first-order valence-electron chi connectivity index (χ1n) is 7.36. The summed E-state index contributed by atoms with van der Waals surface area (Å²) >= 11 is 5.81. The number of rotatable bonds is 5. The molecule has 0 saturated carbocycles. The number of benzene rings is 2. The summed E-state index contributed by atoms with van der Waals surface area (Å²) < 4.78 is 5.60. The molecule has 0 spiro atoms. The molecule has 3 aromatic rings. The zero-order chi connectivity index (χ0) is 17.8. The molecule has 3 rings (SSSR count). The van der Waals surface area contributed by atoms with Crippen molar-refractivity contribution < 1.29 is 14.1 Å². The van der Waals surface area contributed by atoms with E-state index in [9.17, 15) is 14.9 Å². The third-order valence-electron chi connectivity index (χ3n) is 3.51. The average molecular weight is 354 g/mol. The third kappa shape index (κ3) is 3.84. The summed E-state index contributed by atoms with van der Waals surface area (Å²) in [5, 5.41) is 11.4. The van der Waals surface area contributed by atoms with Crippen molar-refractivity contribution in [1.82, 2.24) is 0 Å². The van der Waals surface area contributed by atoms with Gasteiger partial charge >= 0.3 is 0 Å². The maximum absolute atomic E-state index is 12.0. The fourth-order valence-corrected chi connectivity index (χ4v) is 2.47. The van der Waals surface area contributed by atoms with Crippen LogP contribution in [0.2, 0.25) is 5.02 Å². The van der Waals surface area contributed by atoms with Crippen LogP contribution in [-0.2, 0) is 0 Å². The largest absolute Gasteiger partial charge is 0.456 e. The molecule has 0 aliphatic carbocycles. The SMILES string of the molecule is O=C(/C=C/c1ccc(-c2ccc(Cl)cc2[N+](=O)[O-])o1)c1ccccc1. The van der Waals surface area contributed by atoms with E-state index in [0.717, 1.165) is 0 Å². The lowest BCUT2D eigenvalue weighted by Crippen LogP contribution is -1.92. The van der Waals surface area contributed by atoms with Gasteiger partial charge in [-0.05, 0) is 36.4 Å². The Labute approximate surface area is 148 Å². The van der Waals surface area contributed by atoms with Crippen molar-refractivity contribution in [3.8, 4) is 11.3 Å². The number of furan rings is 1. The van der Waals surface area contributed by atoms with E-state index in [1.54, 1.807) is 42.5 Å². The van der Waals surface area contributed by atoms with Crippen molar-refractivity contribution in [3.05, 3.63) is 93.2 Å². The second-order valence-corrected chi connectivity index (χ2v) is 5.62. The summed E-state index contributed by atoms with van der Waals surface area (Å²) in [5.74, 6) is 0.592. The summed E-state index contributed by atoms with van der Waals surface area (Å²) in [7, 11) is 0. The van der Waals surface area contributed by atoms with Crippen LogP contribution in [0, 0.1) is 10.1 Å². The summed E-state index contributed by atoms with van der Waals surface area (Å²) in [6.07, 6.45) is 2.93. The maximum atomic E-state index is 12.0. The highest BCUT2D eigenvalue weighted by Crippen LogP contribution is 2.33. The zero-order valence-electron chi connectivity index (χ0n) is 12.9. The van der Waals surface area contributed by atoms with Gasteiger partial charge in [-0.2, -0.15) is 0 Å². The molecule has 2 aromatic carbocycles. The van der Waals surface area contributed by atoms with Crippen LogP contribution in [0.3, 0.4) is 0 Å². The number of nitro groups is 1. The fourth-order valence-electron chi connectivity index (χ4n) is 2.31. The summed E-state index contributed by atoms with van der Waals surface area (Å²) in [6, 6.07) is 16.5. The van der Waals surface area contributed by atoms with Gasteiger partial charge in [0.2, 0.25) is 0 Å². The van der Waals surface area contributed by atoms with E-state index < -0.39 is 4.92 Å². The third-order valence-corrected chi connectivity index (χ3v) is 3.74. The van der Waals surface area contributed by atoms with E-state index in [1.165, 1.54) is 24.3 Å². The van der Waals surface area contributed by atoms with Crippen LogP contribution in [0.25, 0.3) is 17.4 Å². The molecule has 5 nitrogen and oxygen atoms in total. The van der Waals surface area contributed by atoms with E-state index in [0.29, 0.717) is 22.6 Å². The molecule has 25 heavy (non-hydrogen) atoms. The van der Waals surface area contributed by atoms with Gasteiger partial charge in [0, 0.05) is 16.7 Å². The Bertz CT molecular complexity index is 961. The molecule has 0 amide bonds. The van der Waals surface area contributed by atoms with Crippen LogP contribution in [0.5, 0.6) is 0 Å². The van der Waals surface area contributed by atoms with Crippen molar-refractivity contribution in [2.75, 3.05) is 0 Å². The molecule has 1 heterocycles. The lowest BCUT2D eigenvalue weighted by molar-refractivity contribution is -0.384. The Morgan fingerprint density at radius 3 is 2.56 bits per heavy atom. The van der Waals surface area contributed by atoms with Crippen molar-refractivity contribution >= 4 is 29.1 Å². The van der Waals surface area contributed by atoms with Crippen molar-refractivity contribution in [3.63, 3.8) is 0 Å². The number of allylic oxidation sites excluding steroid dienone is 1. The Kier molecular flexibility index (Phi) is 4.77. The first-order valence-corrected chi connectivity index (χ1v) is 7.74. The molecule has 0 bridgehead atoms. The van der Waals surface area contributed by atoms with E-state index >= 15 is 0 Å². The molecular formula is C19H12ClNO4. The van der Waals surface area contributed by atoms with Crippen molar-refractivity contribution in [2.24, 2.45) is 0 Å². The summed E-state index contributed by atoms with van der Waals surface area (Å²) in [4.78, 5) is 22.7. The van der Waals surface area contributed by atoms with Gasteiger partial charge in [-0.3, -0.25) is 14.9 Å². The number of hydrogen-bond acceptors (Lipinski definition) is 4. The fraction of sp³-hybridized carbons (Fsp3) is 0. The number of nitro benzene ring substituents is 1. The molecule has 0 aliphatic rings. The van der Waals surface area contributed by atoms with E-state index in [4.69, 9.17) is 16.0 Å². The van der Waals surface area contributed by atoms with Crippen LogP contribution < -0.4 is 0 Å². The van der Waals surface area contributed by atoms with Crippen LogP contribution in [0.15, 0.2) is 71.2 Å².